The second-order valence-electron chi connectivity index (χ2n) is 5.30. The molecule has 1 N–H and O–H groups in total. The standard InChI is InChI=1S/C11H21N3O3/c1-8(13-16)12-14-7-5-6-9(14)10(15)17-11(2,3)4/h8-9,12H,5-7H2,1-4H3/t8-,9?/m0/s1. The van der Waals surface area contributed by atoms with Crippen LogP contribution in [0.5, 0.6) is 0 Å². The second-order valence-corrected chi connectivity index (χ2v) is 5.30. The number of carbonyl (C=O) groups excluding carboxylic acids is 1. The lowest BCUT2D eigenvalue weighted by Crippen LogP contribution is -2.50. The van der Waals surface area contributed by atoms with E-state index in [0.717, 1.165) is 19.4 Å². The number of hydrazine groups is 1. The molecule has 1 fully saturated rings. The summed E-state index contributed by atoms with van der Waals surface area (Å²) >= 11 is 0. The van der Waals surface area contributed by atoms with Gasteiger partial charge >= 0.3 is 5.97 Å². The quantitative estimate of drug-likeness (QED) is 0.597. The van der Waals surface area contributed by atoms with Crippen LogP contribution in [0.15, 0.2) is 5.18 Å². The molecule has 0 aromatic rings. The van der Waals surface area contributed by atoms with Crippen molar-refractivity contribution >= 4 is 5.97 Å². The van der Waals surface area contributed by atoms with Gasteiger partial charge in [0.1, 0.15) is 11.6 Å². The highest BCUT2D eigenvalue weighted by atomic mass is 16.6. The van der Waals surface area contributed by atoms with Gasteiger partial charge in [-0.2, -0.15) is 0 Å². The topological polar surface area (TPSA) is 71.0 Å². The molecule has 1 rings (SSSR count). The monoisotopic (exact) mass is 243 g/mol. The van der Waals surface area contributed by atoms with E-state index in [0.29, 0.717) is 0 Å². The third kappa shape index (κ3) is 4.40. The summed E-state index contributed by atoms with van der Waals surface area (Å²) in [5, 5.41) is 4.62. The molecule has 6 heteroatoms. The van der Waals surface area contributed by atoms with Crippen molar-refractivity contribution in [1.29, 1.82) is 0 Å². The summed E-state index contributed by atoms with van der Waals surface area (Å²) in [7, 11) is 0. The van der Waals surface area contributed by atoms with Crippen molar-refractivity contribution in [2.24, 2.45) is 5.18 Å². The molecule has 1 aliphatic rings. The Morgan fingerprint density at radius 1 is 1.53 bits per heavy atom. The van der Waals surface area contributed by atoms with Gasteiger partial charge in [-0.25, -0.2) is 10.4 Å². The van der Waals surface area contributed by atoms with Crippen molar-refractivity contribution in [1.82, 2.24) is 10.4 Å². The second kappa shape index (κ2) is 5.55. The first kappa shape index (κ1) is 14.1. The predicted octanol–water partition coefficient (Wildman–Crippen LogP) is 1.41. The van der Waals surface area contributed by atoms with E-state index in [1.165, 1.54) is 0 Å². The number of carbonyl (C=O) groups is 1. The summed E-state index contributed by atoms with van der Waals surface area (Å²) in [6.45, 7) is 7.90. The van der Waals surface area contributed by atoms with Crippen molar-refractivity contribution in [3.63, 3.8) is 0 Å². The Labute approximate surface area is 102 Å². The number of hydrogen-bond acceptors (Lipinski definition) is 6. The Bertz CT molecular complexity index is 288. The number of rotatable bonds is 4. The molecule has 1 unspecified atom stereocenters. The fraction of sp³-hybridized carbons (Fsp3) is 0.909. The van der Waals surface area contributed by atoms with Crippen molar-refractivity contribution < 1.29 is 9.53 Å². The molecule has 1 saturated heterocycles. The molecule has 17 heavy (non-hydrogen) atoms. The first-order chi connectivity index (χ1) is 7.83. The Balaban J connectivity index is 2.56. The van der Waals surface area contributed by atoms with E-state index in [1.807, 2.05) is 20.8 Å². The molecular weight excluding hydrogens is 222 g/mol. The maximum Gasteiger partial charge on any atom is 0.325 e. The summed E-state index contributed by atoms with van der Waals surface area (Å²) < 4.78 is 5.34. The zero-order chi connectivity index (χ0) is 13.1. The Hall–Kier alpha value is -1.01. The highest BCUT2D eigenvalue weighted by molar-refractivity contribution is 5.76. The van der Waals surface area contributed by atoms with Gasteiger partial charge < -0.3 is 4.74 Å². The van der Waals surface area contributed by atoms with Gasteiger partial charge in [0.15, 0.2) is 6.17 Å². The molecule has 0 aromatic carbocycles. The first-order valence-electron chi connectivity index (χ1n) is 5.91. The lowest BCUT2D eigenvalue weighted by molar-refractivity contribution is -0.161. The number of nitrogens with zero attached hydrogens (tertiary/aromatic N) is 2. The number of esters is 1. The molecule has 0 amide bonds. The van der Waals surface area contributed by atoms with E-state index in [1.54, 1.807) is 11.9 Å². The van der Waals surface area contributed by atoms with E-state index >= 15 is 0 Å². The molecule has 1 aliphatic heterocycles. The van der Waals surface area contributed by atoms with E-state index in [-0.39, 0.29) is 12.0 Å². The predicted molar refractivity (Wildman–Crippen MR) is 64.0 cm³/mol. The Morgan fingerprint density at radius 3 is 2.71 bits per heavy atom. The van der Waals surface area contributed by atoms with Crippen LogP contribution in [0.1, 0.15) is 40.5 Å². The average molecular weight is 243 g/mol. The van der Waals surface area contributed by atoms with E-state index < -0.39 is 11.8 Å². The van der Waals surface area contributed by atoms with E-state index in [4.69, 9.17) is 4.74 Å². The lowest BCUT2D eigenvalue weighted by Gasteiger charge is -2.28. The van der Waals surface area contributed by atoms with Gasteiger partial charge in [0.05, 0.1) is 0 Å². The van der Waals surface area contributed by atoms with Gasteiger partial charge in [0.25, 0.3) is 0 Å². The van der Waals surface area contributed by atoms with Gasteiger partial charge in [-0.3, -0.25) is 4.79 Å². The largest absolute Gasteiger partial charge is 0.459 e. The van der Waals surface area contributed by atoms with Crippen molar-refractivity contribution in [3.05, 3.63) is 4.91 Å². The smallest absolute Gasteiger partial charge is 0.325 e. The van der Waals surface area contributed by atoms with Crippen LogP contribution in [0, 0.1) is 4.91 Å². The molecule has 0 aliphatic carbocycles. The highest BCUT2D eigenvalue weighted by Gasteiger charge is 2.34. The van der Waals surface area contributed by atoms with Gasteiger partial charge in [0, 0.05) is 6.54 Å². The third-order valence-electron chi connectivity index (χ3n) is 2.44. The van der Waals surface area contributed by atoms with Crippen LogP contribution in [-0.4, -0.2) is 35.3 Å². The van der Waals surface area contributed by atoms with Crippen molar-refractivity contribution in [2.45, 2.75) is 58.3 Å². The van der Waals surface area contributed by atoms with E-state index in [9.17, 15) is 9.70 Å². The van der Waals surface area contributed by atoms with Crippen LogP contribution in [-0.2, 0) is 9.53 Å². The van der Waals surface area contributed by atoms with Crippen LogP contribution in [0.4, 0.5) is 0 Å². The number of ether oxygens (including phenoxy) is 1. The average Bonchev–Trinajstić information content (AvgIpc) is 2.63. The van der Waals surface area contributed by atoms with Crippen LogP contribution < -0.4 is 5.43 Å². The third-order valence-corrected chi connectivity index (χ3v) is 2.44. The zero-order valence-corrected chi connectivity index (χ0v) is 10.9. The summed E-state index contributed by atoms with van der Waals surface area (Å²) in [6.07, 6.45) is 1.12. The normalized spacial score (nSPS) is 23.4. The molecular formula is C11H21N3O3. The highest BCUT2D eigenvalue weighted by Crippen LogP contribution is 2.19. The Kier molecular flexibility index (Phi) is 4.59. The zero-order valence-electron chi connectivity index (χ0n) is 10.9. The van der Waals surface area contributed by atoms with Crippen molar-refractivity contribution in [3.8, 4) is 0 Å². The molecule has 2 atom stereocenters. The maximum atomic E-state index is 11.9. The van der Waals surface area contributed by atoms with Crippen LogP contribution in [0.25, 0.3) is 0 Å². The molecule has 0 saturated carbocycles. The minimum atomic E-state index is -0.530. The van der Waals surface area contributed by atoms with Gasteiger partial charge in [-0.1, -0.05) is 0 Å². The minimum absolute atomic E-state index is 0.249. The molecule has 0 spiro atoms. The summed E-state index contributed by atoms with van der Waals surface area (Å²) in [6, 6.07) is -0.321. The molecule has 0 radical (unpaired) electrons. The van der Waals surface area contributed by atoms with Crippen LogP contribution in [0.2, 0.25) is 0 Å². The number of nitroso groups, excluding NO2 is 1. The van der Waals surface area contributed by atoms with E-state index in [2.05, 4.69) is 10.6 Å². The van der Waals surface area contributed by atoms with Gasteiger partial charge in [-0.05, 0) is 45.7 Å². The SMILES string of the molecule is C[C@H](N=O)NN1CCCC1C(=O)OC(C)(C)C. The fourth-order valence-electron chi connectivity index (χ4n) is 1.80. The summed E-state index contributed by atoms with van der Waals surface area (Å²) in [5.74, 6) is -0.249. The minimum Gasteiger partial charge on any atom is -0.459 e. The summed E-state index contributed by atoms with van der Waals surface area (Å²) in [5.41, 5.74) is 2.41. The molecule has 1 heterocycles. The molecule has 6 nitrogen and oxygen atoms in total. The lowest BCUT2D eigenvalue weighted by atomic mass is 10.1. The maximum absolute atomic E-state index is 11.9. The fourth-order valence-corrected chi connectivity index (χ4v) is 1.80. The van der Waals surface area contributed by atoms with Crippen LogP contribution >= 0.6 is 0 Å². The summed E-state index contributed by atoms with van der Waals surface area (Å²) in [4.78, 5) is 22.3. The number of nitrogens with one attached hydrogen (secondary N) is 1. The van der Waals surface area contributed by atoms with Crippen molar-refractivity contribution in [2.75, 3.05) is 6.54 Å². The van der Waals surface area contributed by atoms with Gasteiger partial charge in [0.2, 0.25) is 0 Å². The molecule has 98 valence electrons. The Morgan fingerprint density at radius 2 is 2.18 bits per heavy atom. The molecule has 0 bridgehead atoms. The van der Waals surface area contributed by atoms with Crippen LogP contribution in [0.3, 0.4) is 0 Å². The van der Waals surface area contributed by atoms with Gasteiger partial charge in [-0.15, -0.1) is 4.91 Å². The first-order valence-corrected chi connectivity index (χ1v) is 5.91. The number of hydrogen-bond donors (Lipinski definition) is 1. The molecule has 0 aromatic heterocycles.